The molecule has 0 saturated carbocycles. The number of rotatable bonds is 13. The third-order valence-electron chi connectivity index (χ3n) is 7.12. The van der Waals surface area contributed by atoms with E-state index in [4.69, 9.17) is 22.1 Å². The maximum atomic E-state index is 14.6. The van der Waals surface area contributed by atoms with E-state index in [1.807, 2.05) is 6.92 Å². The van der Waals surface area contributed by atoms with Crippen molar-refractivity contribution in [3.63, 3.8) is 0 Å². The van der Waals surface area contributed by atoms with Gasteiger partial charge >= 0.3 is 6.09 Å². The molecule has 0 fully saturated rings. The Labute approximate surface area is 265 Å². The quantitative estimate of drug-likeness (QED) is 0.208. The first-order chi connectivity index (χ1) is 20.4. The number of nitrogens with one attached hydrogen (secondary N) is 2. The molecule has 0 bridgehead atoms. The number of ether oxygens (including phenoxy) is 1. The highest BCUT2D eigenvalue weighted by Crippen LogP contribution is 2.36. The molecule has 3 unspecified atom stereocenters. The highest BCUT2D eigenvalue weighted by atomic mass is 35.5. The number of aryl methyl sites for hydroxylation is 2. The molecule has 2 rings (SSSR count). The number of aromatic hydroxyl groups is 1. The van der Waals surface area contributed by atoms with Gasteiger partial charge < -0.3 is 31.1 Å². The summed E-state index contributed by atoms with van der Waals surface area (Å²) < 4.78 is 5.41. The molecular weight excluding hydrogens is 584 g/mol. The van der Waals surface area contributed by atoms with E-state index in [0.29, 0.717) is 34.2 Å². The molecule has 0 heterocycles. The van der Waals surface area contributed by atoms with Crippen molar-refractivity contribution in [2.75, 3.05) is 5.32 Å². The van der Waals surface area contributed by atoms with Crippen LogP contribution in [0.3, 0.4) is 0 Å². The second kappa shape index (κ2) is 15.8. The maximum absolute atomic E-state index is 14.6. The molecule has 4 amide bonds. The van der Waals surface area contributed by atoms with Gasteiger partial charge in [-0.3, -0.25) is 14.4 Å². The zero-order valence-electron chi connectivity index (χ0n) is 27.0. The molecule has 0 saturated heterocycles. The van der Waals surface area contributed by atoms with E-state index in [2.05, 4.69) is 24.5 Å². The molecule has 242 valence electrons. The predicted molar refractivity (Wildman–Crippen MR) is 172 cm³/mol. The molecule has 0 aliphatic rings. The zero-order valence-corrected chi connectivity index (χ0v) is 27.7. The van der Waals surface area contributed by atoms with Crippen LogP contribution in [0, 0.1) is 19.8 Å². The van der Waals surface area contributed by atoms with Gasteiger partial charge in [-0.15, -0.1) is 0 Å². The minimum absolute atomic E-state index is 0.126. The second-order valence-electron chi connectivity index (χ2n) is 12.6. The summed E-state index contributed by atoms with van der Waals surface area (Å²) in [4.78, 5) is 54.9. The average molecular weight is 631 g/mol. The van der Waals surface area contributed by atoms with E-state index in [9.17, 15) is 24.3 Å². The fourth-order valence-electron chi connectivity index (χ4n) is 4.79. The van der Waals surface area contributed by atoms with Crippen LogP contribution in [0.5, 0.6) is 5.75 Å². The Morgan fingerprint density at radius 2 is 1.59 bits per heavy atom. The fourth-order valence-corrected chi connectivity index (χ4v) is 5.06. The Morgan fingerprint density at radius 3 is 2.16 bits per heavy atom. The molecule has 2 aromatic carbocycles. The van der Waals surface area contributed by atoms with Gasteiger partial charge in [0.25, 0.3) is 5.91 Å². The summed E-state index contributed by atoms with van der Waals surface area (Å²) in [6.07, 6.45) is 0.0551. The highest BCUT2D eigenvalue weighted by molar-refractivity contribution is 6.34. The SMILES string of the molecule is Cc1cccc(C(C(=O)Nc2c(C)cccc2Cl)N(C(=O)C(CCC(N)=O)NC(=O)OC(C)(C)C)C(C)CCC(C)C)c1O. The van der Waals surface area contributed by atoms with Crippen LogP contribution in [0.1, 0.15) is 90.0 Å². The monoisotopic (exact) mass is 630 g/mol. The number of benzene rings is 2. The number of phenolic OH excluding ortho intramolecular Hbond substituents is 1. The largest absolute Gasteiger partial charge is 0.507 e. The third kappa shape index (κ3) is 10.4. The normalized spacial score (nSPS) is 13.5. The predicted octanol–water partition coefficient (Wildman–Crippen LogP) is 6.15. The van der Waals surface area contributed by atoms with Crippen molar-refractivity contribution in [3.05, 3.63) is 58.1 Å². The number of carbonyl (C=O) groups is 4. The van der Waals surface area contributed by atoms with Crippen molar-refractivity contribution in [3.8, 4) is 5.75 Å². The number of primary amides is 1. The van der Waals surface area contributed by atoms with E-state index in [0.717, 1.165) is 6.42 Å². The van der Waals surface area contributed by atoms with Gasteiger partial charge in [-0.1, -0.05) is 55.8 Å². The minimum atomic E-state index is -1.34. The van der Waals surface area contributed by atoms with Gasteiger partial charge in [-0.05, 0) is 83.9 Å². The topological polar surface area (TPSA) is 151 Å². The molecule has 11 heteroatoms. The summed E-state index contributed by atoms with van der Waals surface area (Å²) in [6.45, 7) is 14.5. The molecule has 0 aromatic heterocycles. The van der Waals surface area contributed by atoms with Gasteiger partial charge in [-0.25, -0.2) is 4.79 Å². The van der Waals surface area contributed by atoms with Crippen molar-refractivity contribution in [1.29, 1.82) is 0 Å². The molecular formula is C33H47ClN4O6. The Bertz CT molecular complexity index is 1320. The number of hydrogen-bond donors (Lipinski definition) is 4. The van der Waals surface area contributed by atoms with Crippen LogP contribution in [-0.4, -0.2) is 51.5 Å². The van der Waals surface area contributed by atoms with Gasteiger partial charge in [-0.2, -0.15) is 0 Å². The van der Waals surface area contributed by atoms with Gasteiger partial charge in [0.2, 0.25) is 11.8 Å². The standard InChI is InChI=1S/C33H47ClN4O6/c1-19(2)15-16-22(5)38(31(42)25(17-18-26(35)39)36-32(43)44-33(6,7)8)28(23-13-9-12-21(4)29(23)40)30(41)37-27-20(3)11-10-14-24(27)34/h9-14,19,22,25,28,40H,15-18H2,1-8H3,(H2,35,39)(H,36,43)(H,37,41). The van der Waals surface area contributed by atoms with Crippen LogP contribution < -0.4 is 16.4 Å². The summed E-state index contributed by atoms with van der Waals surface area (Å²) in [7, 11) is 0. The molecule has 3 atom stereocenters. The lowest BCUT2D eigenvalue weighted by atomic mass is 9.95. The lowest BCUT2D eigenvalue weighted by molar-refractivity contribution is -0.143. The number of para-hydroxylation sites is 2. The Kier molecular flexibility index (Phi) is 13.1. The number of halogens is 1. The number of nitrogens with two attached hydrogens (primary N) is 1. The summed E-state index contributed by atoms with van der Waals surface area (Å²) >= 11 is 6.45. The summed E-state index contributed by atoms with van der Waals surface area (Å²) in [5.41, 5.74) is 6.35. The lowest BCUT2D eigenvalue weighted by Crippen LogP contribution is -2.55. The maximum Gasteiger partial charge on any atom is 0.408 e. The van der Waals surface area contributed by atoms with Crippen molar-refractivity contribution < 1.29 is 29.0 Å². The van der Waals surface area contributed by atoms with Crippen LogP contribution in [0.2, 0.25) is 5.02 Å². The van der Waals surface area contributed by atoms with Gasteiger partial charge in [0.05, 0.1) is 10.7 Å². The van der Waals surface area contributed by atoms with Gasteiger partial charge in [0.1, 0.15) is 23.4 Å². The smallest absolute Gasteiger partial charge is 0.408 e. The molecule has 0 spiro atoms. The van der Waals surface area contributed by atoms with E-state index in [1.54, 1.807) is 71.0 Å². The van der Waals surface area contributed by atoms with Gasteiger partial charge in [0.15, 0.2) is 0 Å². The number of hydrogen-bond acceptors (Lipinski definition) is 6. The molecule has 10 nitrogen and oxygen atoms in total. The zero-order chi connectivity index (χ0) is 33.4. The van der Waals surface area contributed by atoms with Crippen molar-refractivity contribution in [1.82, 2.24) is 10.2 Å². The van der Waals surface area contributed by atoms with Crippen LogP contribution in [0.25, 0.3) is 0 Å². The Balaban J connectivity index is 2.74. The number of amides is 4. The second-order valence-corrected chi connectivity index (χ2v) is 13.0. The Hall–Kier alpha value is -3.79. The highest BCUT2D eigenvalue weighted by Gasteiger charge is 2.40. The number of phenols is 1. The number of nitrogens with zero attached hydrogens (tertiary/aromatic N) is 1. The number of carbonyl (C=O) groups excluding carboxylic acids is 4. The number of anilines is 1. The third-order valence-corrected chi connectivity index (χ3v) is 7.43. The molecule has 0 radical (unpaired) electrons. The van der Waals surface area contributed by atoms with E-state index < -0.39 is 47.5 Å². The molecule has 5 N–H and O–H groups in total. The lowest BCUT2D eigenvalue weighted by Gasteiger charge is -2.39. The number of alkyl carbamates (subject to hydrolysis) is 1. The van der Waals surface area contributed by atoms with Gasteiger partial charge in [0, 0.05) is 18.0 Å². The van der Waals surface area contributed by atoms with Crippen LogP contribution in [0.4, 0.5) is 10.5 Å². The minimum Gasteiger partial charge on any atom is -0.507 e. The van der Waals surface area contributed by atoms with E-state index in [-0.39, 0.29) is 24.2 Å². The van der Waals surface area contributed by atoms with Crippen LogP contribution in [-0.2, 0) is 19.1 Å². The first kappa shape index (κ1) is 36.4. The molecule has 0 aliphatic heterocycles. The van der Waals surface area contributed by atoms with Crippen molar-refractivity contribution in [2.24, 2.45) is 11.7 Å². The summed E-state index contributed by atoms with van der Waals surface area (Å²) in [5, 5.41) is 17.0. The van der Waals surface area contributed by atoms with Crippen LogP contribution in [0.15, 0.2) is 36.4 Å². The van der Waals surface area contributed by atoms with E-state index in [1.165, 1.54) is 4.90 Å². The first-order valence-corrected chi connectivity index (χ1v) is 15.2. The summed E-state index contributed by atoms with van der Waals surface area (Å²) in [6, 6.07) is 7.02. The van der Waals surface area contributed by atoms with Crippen LogP contribution >= 0.6 is 11.6 Å². The fraction of sp³-hybridized carbons (Fsp3) is 0.515. The molecule has 0 aliphatic carbocycles. The summed E-state index contributed by atoms with van der Waals surface area (Å²) in [5.74, 6) is -1.76. The molecule has 44 heavy (non-hydrogen) atoms. The average Bonchev–Trinajstić information content (AvgIpc) is 2.90. The Morgan fingerprint density at radius 1 is 0.977 bits per heavy atom. The van der Waals surface area contributed by atoms with Crippen molar-refractivity contribution >= 4 is 41.1 Å². The molecule has 2 aromatic rings. The van der Waals surface area contributed by atoms with Crippen molar-refractivity contribution in [2.45, 2.75) is 105 Å². The first-order valence-electron chi connectivity index (χ1n) is 14.9. The van der Waals surface area contributed by atoms with E-state index >= 15 is 0 Å².